The van der Waals surface area contributed by atoms with Crippen LogP contribution in [-0.2, 0) is 5.41 Å². The zero-order chi connectivity index (χ0) is 26.5. The monoisotopic (exact) mass is 554 g/mol. The summed E-state index contributed by atoms with van der Waals surface area (Å²) in [7, 11) is 0. The van der Waals surface area contributed by atoms with Crippen molar-refractivity contribution in [2.45, 2.75) is 77.0 Å². The number of rotatable bonds is 6. The van der Waals surface area contributed by atoms with Crippen molar-refractivity contribution in [1.82, 2.24) is 15.3 Å². The molecule has 0 bridgehead atoms. The summed E-state index contributed by atoms with van der Waals surface area (Å²) < 4.78 is 0. The van der Waals surface area contributed by atoms with Gasteiger partial charge in [0.1, 0.15) is 11.6 Å². The summed E-state index contributed by atoms with van der Waals surface area (Å²) in [5, 5.41) is 8.26. The van der Waals surface area contributed by atoms with E-state index in [1.54, 1.807) is 0 Å². The van der Waals surface area contributed by atoms with Gasteiger partial charge in [0.05, 0.1) is 0 Å². The third kappa shape index (κ3) is 6.71. The van der Waals surface area contributed by atoms with Crippen molar-refractivity contribution in [3.05, 3.63) is 40.9 Å². The first-order valence-electron chi connectivity index (χ1n) is 14.6. The van der Waals surface area contributed by atoms with E-state index >= 15 is 0 Å². The fourth-order valence-electron chi connectivity index (χ4n) is 6.78. The van der Waals surface area contributed by atoms with E-state index in [-0.39, 0.29) is 5.41 Å². The molecule has 1 aliphatic carbocycles. The fourth-order valence-corrected chi connectivity index (χ4v) is 7.14. The summed E-state index contributed by atoms with van der Waals surface area (Å²) in [6.07, 6.45) is 11.0. The van der Waals surface area contributed by atoms with E-state index in [4.69, 9.17) is 33.8 Å². The van der Waals surface area contributed by atoms with Gasteiger partial charge in [-0.25, -0.2) is 0 Å². The minimum absolute atomic E-state index is 0.0522. The number of thiocarbonyl (C=S) groups is 1. The molecule has 206 valence electrons. The molecule has 3 aliphatic rings. The van der Waals surface area contributed by atoms with Gasteiger partial charge in [0.25, 0.3) is 0 Å². The molecule has 8 heteroatoms. The Balaban J connectivity index is 1.34. The molecule has 2 aliphatic heterocycles. The Morgan fingerprint density at radius 2 is 1.61 bits per heavy atom. The Labute approximate surface area is 238 Å². The number of benzene rings is 1. The molecule has 1 saturated carbocycles. The van der Waals surface area contributed by atoms with Gasteiger partial charge in [-0.3, -0.25) is 0 Å². The molecule has 2 atom stereocenters. The van der Waals surface area contributed by atoms with Crippen LogP contribution in [0, 0.1) is 11.8 Å². The summed E-state index contributed by atoms with van der Waals surface area (Å²) in [5.74, 6) is 3.92. The van der Waals surface area contributed by atoms with Crippen LogP contribution >= 0.6 is 23.8 Å². The number of halogens is 1. The minimum Gasteiger partial charge on any atom is -0.361 e. The third-order valence-corrected chi connectivity index (χ3v) is 9.11. The van der Waals surface area contributed by atoms with Crippen LogP contribution in [0.15, 0.2) is 30.3 Å². The largest absolute Gasteiger partial charge is 0.361 e. The number of nitrogens with one attached hydrogen (secondary N) is 2. The molecular weight excluding hydrogens is 512 g/mol. The quantitative estimate of drug-likeness (QED) is 0.381. The van der Waals surface area contributed by atoms with Crippen LogP contribution in [0.3, 0.4) is 0 Å². The molecule has 6 nitrogen and oxygen atoms in total. The maximum absolute atomic E-state index is 6.36. The average molecular weight is 555 g/mol. The number of anilines is 3. The van der Waals surface area contributed by atoms with E-state index in [1.807, 2.05) is 6.07 Å². The van der Waals surface area contributed by atoms with Crippen LogP contribution in [-0.4, -0.2) is 47.8 Å². The van der Waals surface area contributed by atoms with Crippen LogP contribution in [0.2, 0.25) is 5.02 Å². The normalized spacial score (nSPS) is 23.7. The molecule has 0 amide bonds. The minimum atomic E-state index is 0.0522. The second kappa shape index (κ2) is 12.4. The molecular formula is C30H43ClN6S. The SMILES string of the molecule is C[C@H]1C[C@H](C)CN(c2cc(N3CCCCCC3)nc(NC(=S)NCC3(c4cccc(Cl)c4)CCCC3)n2)C1. The van der Waals surface area contributed by atoms with Gasteiger partial charge in [0.2, 0.25) is 5.95 Å². The van der Waals surface area contributed by atoms with Crippen molar-refractivity contribution >= 4 is 46.5 Å². The lowest BCUT2D eigenvalue weighted by molar-refractivity contribution is 0.355. The van der Waals surface area contributed by atoms with Crippen molar-refractivity contribution < 1.29 is 0 Å². The van der Waals surface area contributed by atoms with Crippen LogP contribution in [0.5, 0.6) is 0 Å². The Bertz CT molecular complexity index is 1090. The summed E-state index contributed by atoms with van der Waals surface area (Å²) >= 11 is 12.2. The van der Waals surface area contributed by atoms with Crippen molar-refractivity contribution in [3.63, 3.8) is 0 Å². The maximum atomic E-state index is 6.36. The molecule has 2 aromatic rings. The standard InChI is InChI=1S/C30H43ClN6S/c1-22-16-23(2)20-37(19-22)27-18-26(36-14-7-3-4-8-15-36)33-28(34-27)35-29(38)32-21-30(12-5-6-13-30)24-10-9-11-25(31)17-24/h9-11,17-18,22-23H,3-8,12-16,19-21H2,1-2H3,(H2,32,33,34,35,38)/t22-,23-/m0/s1. The van der Waals surface area contributed by atoms with Gasteiger partial charge in [0.15, 0.2) is 5.11 Å². The predicted molar refractivity (Wildman–Crippen MR) is 164 cm³/mol. The third-order valence-electron chi connectivity index (χ3n) is 8.63. The van der Waals surface area contributed by atoms with E-state index in [0.29, 0.717) is 22.9 Å². The Morgan fingerprint density at radius 3 is 2.26 bits per heavy atom. The Hall–Kier alpha value is -2.12. The van der Waals surface area contributed by atoms with Crippen LogP contribution in [0.4, 0.5) is 17.6 Å². The van der Waals surface area contributed by atoms with Crippen LogP contribution in [0.25, 0.3) is 0 Å². The lowest BCUT2D eigenvalue weighted by Crippen LogP contribution is -2.41. The smallest absolute Gasteiger partial charge is 0.232 e. The van der Waals surface area contributed by atoms with Gasteiger partial charge < -0.3 is 20.4 Å². The topological polar surface area (TPSA) is 56.3 Å². The molecule has 3 fully saturated rings. The number of aromatic nitrogens is 2. The van der Waals surface area contributed by atoms with E-state index in [2.05, 4.69) is 58.5 Å². The number of hydrogen-bond acceptors (Lipinski definition) is 5. The Morgan fingerprint density at radius 1 is 0.947 bits per heavy atom. The molecule has 3 heterocycles. The summed E-state index contributed by atoms with van der Waals surface area (Å²) in [4.78, 5) is 14.8. The van der Waals surface area contributed by atoms with E-state index in [1.165, 1.54) is 50.5 Å². The summed E-state index contributed by atoms with van der Waals surface area (Å²) in [6, 6.07) is 10.5. The summed E-state index contributed by atoms with van der Waals surface area (Å²) in [5.41, 5.74) is 1.35. The van der Waals surface area contributed by atoms with Crippen molar-refractivity contribution in [1.29, 1.82) is 0 Å². The highest BCUT2D eigenvalue weighted by molar-refractivity contribution is 7.80. The highest BCUT2D eigenvalue weighted by Gasteiger charge is 2.36. The maximum Gasteiger partial charge on any atom is 0.232 e. The van der Waals surface area contributed by atoms with Gasteiger partial charge in [-0.05, 0) is 73.9 Å². The highest BCUT2D eigenvalue weighted by atomic mass is 35.5. The summed E-state index contributed by atoms with van der Waals surface area (Å²) in [6.45, 7) is 9.63. The zero-order valence-corrected chi connectivity index (χ0v) is 24.6. The molecule has 38 heavy (non-hydrogen) atoms. The molecule has 2 N–H and O–H groups in total. The number of nitrogens with zero attached hydrogens (tertiary/aromatic N) is 4. The molecule has 2 saturated heterocycles. The van der Waals surface area contributed by atoms with Crippen molar-refractivity contribution in [2.24, 2.45) is 11.8 Å². The fraction of sp³-hybridized carbons (Fsp3) is 0.633. The zero-order valence-electron chi connectivity index (χ0n) is 23.0. The van der Waals surface area contributed by atoms with Crippen molar-refractivity contribution in [3.8, 4) is 0 Å². The van der Waals surface area contributed by atoms with Gasteiger partial charge in [-0.1, -0.05) is 63.3 Å². The van der Waals surface area contributed by atoms with E-state index in [0.717, 1.165) is 62.2 Å². The van der Waals surface area contributed by atoms with Gasteiger partial charge in [0, 0.05) is 49.2 Å². The second-order valence-corrected chi connectivity index (χ2v) is 12.8. The van der Waals surface area contributed by atoms with E-state index < -0.39 is 0 Å². The van der Waals surface area contributed by atoms with Crippen molar-refractivity contribution in [2.75, 3.05) is 47.8 Å². The molecule has 5 rings (SSSR count). The molecule has 1 aromatic carbocycles. The Kier molecular flexibility index (Phi) is 8.94. The second-order valence-electron chi connectivity index (χ2n) is 12.0. The van der Waals surface area contributed by atoms with Crippen LogP contribution in [0.1, 0.15) is 77.2 Å². The number of hydrogen-bond donors (Lipinski definition) is 2. The molecule has 0 radical (unpaired) electrons. The van der Waals surface area contributed by atoms with Gasteiger partial charge >= 0.3 is 0 Å². The first-order valence-corrected chi connectivity index (χ1v) is 15.4. The van der Waals surface area contributed by atoms with Gasteiger partial charge in [-0.2, -0.15) is 9.97 Å². The molecule has 1 aromatic heterocycles. The first kappa shape index (κ1) is 27.4. The van der Waals surface area contributed by atoms with Crippen LogP contribution < -0.4 is 20.4 Å². The molecule has 0 spiro atoms. The molecule has 0 unspecified atom stereocenters. The lowest BCUT2D eigenvalue weighted by atomic mass is 9.79. The highest BCUT2D eigenvalue weighted by Crippen LogP contribution is 2.41. The lowest BCUT2D eigenvalue weighted by Gasteiger charge is -2.36. The predicted octanol–water partition coefficient (Wildman–Crippen LogP) is 6.79. The first-order chi connectivity index (χ1) is 18.4. The van der Waals surface area contributed by atoms with E-state index in [9.17, 15) is 0 Å². The average Bonchev–Trinajstić information content (AvgIpc) is 3.21. The van der Waals surface area contributed by atoms with Gasteiger partial charge in [-0.15, -0.1) is 0 Å². The number of piperidine rings is 1.